The summed E-state index contributed by atoms with van der Waals surface area (Å²) in [6.07, 6.45) is -4.64. The maximum atomic E-state index is 12.7. The smallest absolute Gasteiger partial charge is 0.416 e. The summed E-state index contributed by atoms with van der Waals surface area (Å²) >= 11 is 0. The number of ether oxygens (including phenoxy) is 1. The summed E-state index contributed by atoms with van der Waals surface area (Å²) < 4.78 is 43.2. The molecule has 0 radical (unpaired) electrons. The molecule has 3 nitrogen and oxygen atoms in total. The van der Waals surface area contributed by atoms with Crippen molar-refractivity contribution >= 4 is 5.97 Å². The molecule has 0 amide bonds. The number of benzene rings is 2. The van der Waals surface area contributed by atoms with Gasteiger partial charge in [0.2, 0.25) is 0 Å². The van der Waals surface area contributed by atoms with Gasteiger partial charge >= 0.3 is 12.1 Å². The first-order valence-corrected chi connectivity index (χ1v) is 6.23. The summed E-state index contributed by atoms with van der Waals surface area (Å²) in [7, 11) is 0. The van der Waals surface area contributed by atoms with Gasteiger partial charge in [0, 0.05) is 0 Å². The van der Waals surface area contributed by atoms with Crippen LogP contribution >= 0.6 is 0 Å². The van der Waals surface area contributed by atoms with Crippen LogP contribution in [-0.2, 0) is 17.5 Å². The number of carbonyl (C=O) groups excluding carboxylic acids is 1. The lowest BCUT2D eigenvalue weighted by Gasteiger charge is -2.10. The average molecular weight is 305 g/mol. The highest BCUT2D eigenvalue weighted by Crippen LogP contribution is 2.30. The highest BCUT2D eigenvalue weighted by molar-refractivity contribution is 5.90. The van der Waals surface area contributed by atoms with E-state index in [2.05, 4.69) is 0 Å². The lowest BCUT2D eigenvalue weighted by molar-refractivity contribution is -0.137. The average Bonchev–Trinajstić information content (AvgIpc) is 2.52. The number of esters is 1. The molecule has 0 aromatic heterocycles. The molecule has 0 aliphatic carbocycles. The maximum absolute atomic E-state index is 12.7. The number of nitriles is 1. The topological polar surface area (TPSA) is 50.1 Å². The minimum Gasteiger partial charge on any atom is -0.457 e. The molecule has 0 aliphatic heterocycles. The fraction of sp³-hybridized carbons (Fsp3) is 0.125. The number of alkyl halides is 3. The molecule has 0 N–H and O–H groups in total. The molecule has 0 saturated heterocycles. The van der Waals surface area contributed by atoms with E-state index in [-0.39, 0.29) is 17.7 Å². The van der Waals surface area contributed by atoms with Gasteiger partial charge in [0.25, 0.3) is 0 Å². The zero-order valence-electron chi connectivity index (χ0n) is 11.2. The van der Waals surface area contributed by atoms with E-state index in [1.54, 1.807) is 36.4 Å². The fourth-order valence-electron chi connectivity index (χ4n) is 1.78. The second kappa shape index (κ2) is 6.31. The molecular formula is C16H10F3NO2. The number of hydrogen-bond acceptors (Lipinski definition) is 3. The monoisotopic (exact) mass is 305 g/mol. The van der Waals surface area contributed by atoms with Crippen molar-refractivity contribution in [3.05, 3.63) is 70.8 Å². The van der Waals surface area contributed by atoms with Crippen LogP contribution in [0.25, 0.3) is 0 Å². The number of halogens is 3. The Morgan fingerprint density at radius 2 is 1.82 bits per heavy atom. The van der Waals surface area contributed by atoms with Gasteiger partial charge in [-0.1, -0.05) is 30.3 Å². The van der Waals surface area contributed by atoms with Gasteiger partial charge < -0.3 is 4.74 Å². The Morgan fingerprint density at radius 1 is 1.14 bits per heavy atom. The van der Waals surface area contributed by atoms with Crippen molar-refractivity contribution < 1.29 is 22.7 Å². The quantitative estimate of drug-likeness (QED) is 0.807. The minimum absolute atomic E-state index is 0.0577. The first-order valence-electron chi connectivity index (χ1n) is 6.23. The first-order chi connectivity index (χ1) is 10.4. The first kappa shape index (κ1) is 15.6. The Labute approximate surface area is 124 Å². The normalized spacial score (nSPS) is 10.8. The molecule has 2 aromatic rings. The van der Waals surface area contributed by atoms with Crippen LogP contribution in [0, 0.1) is 11.3 Å². The fourth-order valence-corrected chi connectivity index (χ4v) is 1.78. The minimum atomic E-state index is -4.64. The Kier molecular flexibility index (Phi) is 4.47. The van der Waals surface area contributed by atoms with E-state index in [4.69, 9.17) is 10.00 Å². The van der Waals surface area contributed by atoms with E-state index in [1.165, 1.54) is 0 Å². The van der Waals surface area contributed by atoms with Gasteiger partial charge in [-0.2, -0.15) is 18.4 Å². The molecule has 0 saturated carbocycles. The van der Waals surface area contributed by atoms with Crippen molar-refractivity contribution in [3.8, 4) is 6.07 Å². The second-order valence-electron chi connectivity index (χ2n) is 4.47. The van der Waals surface area contributed by atoms with Gasteiger partial charge in [-0.25, -0.2) is 4.79 Å². The van der Waals surface area contributed by atoms with Crippen LogP contribution in [0.1, 0.15) is 27.0 Å². The zero-order chi connectivity index (χ0) is 16.2. The largest absolute Gasteiger partial charge is 0.457 e. The lowest BCUT2D eigenvalue weighted by Crippen LogP contribution is -2.10. The van der Waals surface area contributed by atoms with Gasteiger partial charge in [-0.15, -0.1) is 0 Å². The van der Waals surface area contributed by atoms with E-state index in [0.29, 0.717) is 17.7 Å². The molecule has 0 unspecified atom stereocenters. The predicted molar refractivity (Wildman–Crippen MR) is 71.7 cm³/mol. The second-order valence-corrected chi connectivity index (χ2v) is 4.47. The molecular weight excluding hydrogens is 295 g/mol. The van der Waals surface area contributed by atoms with Crippen molar-refractivity contribution in [1.82, 2.24) is 0 Å². The Bertz CT molecular complexity index is 718. The van der Waals surface area contributed by atoms with Crippen molar-refractivity contribution in [2.45, 2.75) is 12.8 Å². The number of hydrogen-bond donors (Lipinski definition) is 0. The molecule has 112 valence electrons. The summed E-state index contributed by atoms with van der Waals surface area (Å²) in [6.45, 7) is -0.0577. The van der Waals surface area contributed by atoms with Gasteiger partial charge in [0.15, 0.2) is 0 Å². The highest BCUT2D eigenvalue weighted by atomic mass is 19.4. The van der Waals surface area contributed by atoms with E-state index in [0.717, 1.165) is 6.07 Å². The summed E-state index contributed by atoms with van der Waals surface area (Å²) in [5, 5.41) is 8.77. The van der Waals surface area contributed by atoms with Crippen LogP contribution in [0.5, 0.6) is 0 Å². The van der Waals surface area contributed by atoms with E-state index < -0.39 is 17.7 Å². The summed E-state index contributed by atoms with van der Waals surface area (Å²) in [6, 6.07) is 12.8. The Hall–Kier alpha value is -2.81. The van der Waals surface area contributed by atoms with E-state index in [1.807, 2.05) is 0 Å². The van der Waals surface area contributed by atoms with Crippen LogP contribution in [0.3, 0.4) is 0 Å². The number of nitrogens with zero attached hydrogens (tertiary/aromatic N) is 1. The molecule has 22 heavy (non-hydrogen) atoms. The molecule has 0 spiro atoms. The molecule has 0 aliphatic rings. The van der Waals surface area contributed by atoms with Crippen molar-refractivity contribution in [2.24, 2.45) is 0 Å². The van der Waals surface area contributed by atoms with Crippen molar-refractivity contribution in [2.75, 3.05) is 0 Å². The van der Waals surface area contributed by atoms with Crippen molar-refractivity contribution in [1.29, 1.82) is 5.26 Å². The summed E-state index contributed by atoms with van der Waals surface area (Å²) in [4.78, 5) is 11.9. The van der Waals surface area contributed by atoms with Crippen molar-refractivity contribution in [3.63, 3.8) is 0 Å². The molecule has 0 heterocycles. The Balaban J connectivity index is 2.20. The van der Waals surface area contributed by atoms with Crippen LogP contribution in [0.15, 0.2) is 48.5 Å². The lowest BCUT2D eigenvalue weighted by atomic mass is 10.1. The van der Waals surface area contributed by atoms with Gasteiger partial charge in [0.05, 0.1) is 22.8 Å². The molecule has 6 heteroatoms. The third kappa shape index (κ3) is 3.85. The zero-order valence-corrected chi connectivity index (χ0v) is 11.2. The number of rotatable bonds is 3. The van der Waals surface area contributed by atoms with Crippen LogP contribution in [-0.4, -0.2) is 5.97 Å². The summed E-state index contributed by atoms with van der Waals surface area (Å²) in [5.41, 5.74) is -0.898. The molecule has 0 fully saturated rings. The number of carbonyl (C=O) groups is 1. The predicted octanol–water partition coefficient (Wildman–Crippen LogP) is 3.93. The molecule has 2 rings (SSSR count). The van der Waals surface area contributed by atoms with E-state index >= 15 is 0 Å². The van der Waals surface area contributed by atoms with Crippen LogP contribution in [0.4, 0.5) is 13.2 Å². The van der Waals surface area contributed by atoms with Gasteiger partial charge in [-0.3, -0.25) is 0 Å². The maximum Gasteiger partial charge on any atom is 0.416 e. The molecule has 0 bridgehead atoms. The Morgan fingerprint density at radius 3 is 2.41 bits per heavy atom. The van der Waals surface area contributed by atoms with Crippen LogP contribution < -0.4 is 0 Å². The third-order valence-corrected chi connectivity index (χ3v) is 2.84. The van der Waals surface area contributed by atoms with Gasteiger partial charge in [0.1, 0.15) is 6.61 Å². The molecule has 2 aromatic carbocycles. The van der Waals surface area contributed by atoms with E-state index in [9.17, 15) is 18.0 Å². The van der Waals surface area contributed by atoms with Crippen LogP contribution in [0.2, 0.25) is 0 Å². The highest BCUT2D eigenvalue weighted by Gasteiger charge is 2.32. The third-order valence-electron chi connectivity index (χ3n) is 2.84. The summed E-state index contributed by atoms with van der Waals surface area (Å²) in [5.74, 6) is -0.911. The standard InChI is InChI=1S/C16H10F3NO2/c17-16(18,19)14-7-12(9-20)6-13(8-14)15(21)22-10-11-4-2-1-3-5-11/h1-8H,10H2. The molecule has 0 atom stereocenters. The SMILES string of the molecule is N#Cc1cc(C(=O)OCc2ccccc2)cc(C(F)(F)F)c1. The van der Waals surface area contributed by atoms with Gasteiger partial charge in [-0.05, 0) is 23.8 Å².